The van der Waals surface area contributed by atoms with Gasteiger partial charge in [-0.25, -0.2) is 14.1 Å². The summed E-state index contributed by atoms with van der Waals surface area (Å²) in [5.74, 6) is -0.369. The molecule has 1 fully saturated rings. The van der Waals surface area contributed by atoms with Crippen LogP contribution in [0, 0.1) is 5.82 Å². The molecule has 4 rings (SSSR count). The number of hydrogen-bond acceptors (Lipinski definition) is 5. The molecule has 180 valence electrons. The maximum absolute atomic E-state index is 13.5. The lowest BCUT2D eigenvalue weighted by Crippen LogP contribution is -2.37. The van der Waals surface area contributed by atoms with Crippen LogP contribution in [-0.2, 0) is 16.1 Å². The molecule has 0 aliphatic carbocycles. The average molecular weight is 477 g/mol. The predicted octanol–water partition coefficient (Wildman–Crippen LogP) is 4.21. The third-order valence-electron chi connectivity index (χ3n) is 5.62. The molecular weight excluding hydrogens is 453 g/mol. The molecule has 0 spiro atoms. The van der Waals surface area contributed by atoms with Crippen LogP contribution in [-0.4, -0.2) is 43.0 Å². The van der Waals surface area contributed by atoms with Crippen molar-refractivity contribution in [3.8, 4) is 11.5 Å². The number of anilines is 2. The third-order valence-corrected chi connectivity index (χ3v) is 5.62. The summed E-state index contributed by atoms with van der Waals surface area (Å²) in [6.07, 6.45) is -0.294. The normalized spacial score (nSPS) is 15.3. The van der Waals surface area contributed by atoms with Crippen LogP contribution >= 0.6 is 0 Å². The summed E-state index contributed by atoms with van der Waals surface area (Å²) in [7, 11) is 3.05. The van der Waals surface area contributed by atoms with Gasteiger partial charge in [-0.1, -0.05) is 18.2 Å². The van der Waals surface area contributed by atoms with Crippen molar-refractivity contribution in [2.45, 2.75) is 19.0 Å². The van der Waals surface area contributed by atoms with E-state index in [0.29, 0.717) is 17.2 Å². The van der Waals surface area contributed by atoms with Crippen molar-refractivity contribution in [3.63, 3.8) is 0 Å². The Morgan fingerprint density at radius 3 is 2.34 bits per heavy atom. The van der Waals surface area contributed by atoms with Crippen molar-refractivity contribution in [2.24, 2.45) is 0 Å². The Bertz CT molecular complexity index is 1250. The summed E-state index contributed by atoms with van der Waals surface area (Å²) in [5, 5.41) is 2.59. The van der Waals surface area contributed by atoms with Crippen LogP contribution < -0.4 is 19.7 Å². The Balaban J connectivity index is 1.61. The number of amides is 4. The molecule has 1 atom stereocenters. The van der Waals surface area contributed by atoms with E-state index in [0.717, 1.165) is 10.5 Å². The molecule has 9 heteroatoms. The fourth-order valence-electron chi connectivity index (χ4n) is 3.90. The van der Waals surface area contributed by atoms with Crippen LogP contribution in [0.3, 0.4) is 0 Å². The SMILES string of the molecule is COc1ccc(N2C(=O)[C@H](CC(=O)Nc3cccc(F)c3)N(Cc3cccc(OC)c3)C2=O)cc1. The number of urea groups is 1. The van der Waals surface area contributed by atoms with Crippen LogP contribution in [0.5, 0.6) is 11.5 Å². The van der Waals surface area contributed by atoms with E-state index in [1.165, 1.54) is 37.3 Å². The molecule has 8 nitrogen and oxygen atoms in total. The molecule has 3 aromatic rings. The Labute approximate surface area is 201 Å². The molecule has 1 aliphatic rings. The minimum absolute atomic E-state index is 0.0896. The van der Waals surface area contributed by atoms with Crippen molar-refractivity contribution >= 4 is 29.2 Å². The molecule has 1 aliphatic heterocycles. The molecule has 1 N–H and O–H groups in total. The topological polar surface area (TPSA) is 88.2 Å². The lowest BCUT2D eigenvalue weighted by atomic mass is 10.1. The minimum atomic E-state index is -1.05. The number of imide groups is 1. The Morgan fingerprint density at radius 2 is 1.66 bits per heavy atom. The molecule has 3 aromatic carbocycles. The van der Waals surface area contributed by atoms with Gasteiger partial charge in [0.1, 0.15) is 23.4 Å². The van der Waals surface area contributed by atoms with E-state index in [1.807, 2.05) is 0 Å². The van der Waals surface area contributed by atoms with Gasteiger partial charge in [0.15, 0.2) is 0 Å². The van der Waals surface area contributed by atoms with Crippen LogP contribution in [0.2, 0.25) is 0 Å². The van der Waals surface area contributed by atoms with Gasteiger partial charge in [0.05, 0.1) is 26.3 Å². The third kappa shape index (κ3) is 5.24. The molecule has 0 radical (unpaired) electrons. The molecule has 35 heavy (non-hydrogen) atoms. The smallest absolute Gasteiger partial charge is 0.332 e. The lowest BCUT2D eigenvalue weighted by Gasteiger charge is -2.22. The molecule has 0 aromatic heterocycles. The molecular formula is C26H24FN3O5. The first-order valence-electron chi connectivity index (χ1n) is 10.9. The van der Waals surface area contributed by atoms with Gasteiger partial charge >= 0.3 is 6.03 Å². The number of nitrogens with zero attached hydrogens (tertiary/aromatic N) is 2. The Kier molecular flexibility index (Phi) is 6.96. The molecule has 0 saturated carbocycles. The monoisotopic (exact) mass is 477 g/mol. The van der Waals surface area contributed by atoms with E-state index < -0.39 is 29.7 Å². The number of ether oxygens (including phenoxy) is 2. The highest BCUT2D eigenvalue weighted by Crippen LogP contribution is 2.30. The maximum atomic E-state index is 13.5. The van der Waals surface area contributed by atoms with Crippen LogP contribution in [0.15, 0.2) is 72.8 Å². The number of rotatable bonds is 8. The van der Waals surface area contributed by atoms with Crippen molar-refractivity contribution < 1.29 is 28.2 Å². The van der Waals surface area contributed by atoms with E-state index in [4.69, 9.17) is 9.47 Å². The van der Waals surface area contributed by atoms with Crippen LogP contribution in [0.1, 0.15) is 12.0 Å². The lowest BCUT2D eigenvalue weighted by molar-refractivity contribution is -0.124. The maximum Gasteiger partial charge on any atom is 0.332 e. The molecule has 0 unspecified atom stereocenters. The number of carbonyl (C=O) groups is 3. The van der Waals surface area contributed by atoms with Crippen molar-refractivity contribution in [3.05, 3.63) is 84.2 Å². The van der Waals surface area contributed by atoms with E-state index in [2.05, 4.69) is 5.32 Å². The second kappa shape index (κ2) is 10.3. The average Bonchev–Trinajstić information content (AvgIpc) is 3.08. The van der Waals surface area contributed by atoms with Gasteiger partial charge in [-0.3, -0.25) is 9.59 Å². The number of hydrogen-bond donors (Lipinski definition) is 1. The van der Waals surface area contributed by atoms with Crippen molar-refractivity contribution in [1.82, 2.24) is 4.90 Å². The Morgan fingerprint density at radius 1 is 0.943 bits per heavy atom. The van der Waals surface area contributed by atoms with Gasteiger partial charge in [0, 0.05) is 12.2 Å². The zero-order valence-corrected chi connectivity index (χ0v) is 19.2. The largest absolute Gasteiger partial charge is 0.497 e. The number of carbonyl (C=O) groups excluding carboxylic acids is 3. The summed E-state index contributed by atoms with van der Waals surface area (Å²) in [4.78, 5) is 42.0. The molecule has 0 bridgehead atoms. The van der Waals surface area contributed by atoms with Crippen molar-refractivity contribution in [1.29, 1.82) is 0 Å². The quantitative estimate of drug-likeness (QED) is 0.491. The first-order chi connectivity index (χ1) is 16.9. The molecule has 4 amide bonds. The van der Waals surface area contributed by atoms with Crippen LogP contribution in [0.4, 0.5) is 20.6 Å². The zero-order valence-electron chi connectivity index (χ0n) is 19.2. The summed E-state index contributed by atoms with van der Waals surface area (Å²) in [6, 6.07) is 17.5. The number of benzene rings is 3. The van der Waals surface area contributed by atoms with Gasteiger partial charge in [-0.15, -0.1) is 0 Å². The van der Waals surface area contributed by atoms with Crippen LogP contribution in [0.25, 0.3) is 0 Å². The molecule has 1 saturated heterocycles. The first-order valence-corrected chi connectivity index (χ1v) is 10.9. The van der Waals surface area contributed by atoms with E-state index >= 15 is 0 Å². The molecule has 1 heterocycles. The van der Waals surface area contributed by atoms with Crippen molar-refractivity contribution in [2.75, 3.05) is 24.4 Å². The minimum Gasteiger partial charge on any atom is -0.497 e. The number of nitrogens with one attached hydrogen (secondary N) is 1. The van der Waals surface area contributed by atoms with E-state index in [-0.39, 0.29) is 18.7 Å². The standard InChI is InChI=1S/C26H24FN3O5/c1-34-21-11-9-20(10-12-21)30-25(32)23(15-24(31)28-19-7-4-6-18(27)14-19)29(26(30)33)16-17-5-3-8-22(13-17)35-2/h3-14,23H,15-16H2,1-2H3,(H,28,31)/t23-/m0/s1. The summed E-state index contributed by atoms with van der Waals surface area (Å²) in [5.41, 5.74) is 1.36. The fraction of sp³-hybridized carbons (Fsp3) is 0.192. The Hall–Kier alpha value is -4.40. The van der Waals surface area contributed by atoms with Gasteiger partial charge in [0.25, 0.3) is 5.91 Å². The second-order valence-electron chi connectivity index (χ2n) is 7.91. The highest BCUT2D eigenvalue weighted by Gasteiger charge is 2.46. The summed E-state index contributed by atoms with van der Waals surface area (Å²) < 4.78 is 23.9. The first kappa shape index (κ1) is 23.7. The van der Waals surface area contributed by atoms with Gasteiger partial charge < -0.3 is 19.7 Å². The summed E-state index contributed by atoms with van der Waals surface area (Å²) in [6.45, 7) is 0.0896. The van der Waals surface area contributed by atoms with Gasteiger partial charge in [0.2, 0.25) is 5.91 Å². The van der Waals surface area contributed by atoms with Gasteiger partial charge in [-0.05, 0) is 60.2 Å². The number of halogens is 1. The van der Waals surface area contributed by atoms with E-state index in [9.17, 15) is 18.8 Å². The van der Waals surface area contributed by atoms with Gasteiger partial charge in [-0.2, -0.15) is 0 Å². The predicted molar refractivity (Wildman–Crippen MR) is 128 cm³/mol. The highest BCUT2D eigenvalue weighted by atomic mass is 19.1. The van der Waals surface area contributed by atoms with E-state index in [1.54, 1.807) is 54.6 Å². The zero-order chi connectivity index (χ0) is 24.9. The summed E-state index contributed by atoms with van der Waals surface area (Å²) >= 11 is 0. The fourth-order valence-corrected chi connectivity index (χ4v) is 3.90. The highest BCUT2D eigenvalue weighted by molar-refractivity contribution is 6.22. The second-order valence-corrected chi connectivity index (χ2v) is 7.91. The number of methoxy groups -OCH3 is 2.